The Morgan fingerprint density at radius 3 is 2.42 bits per heavy atom. The highest BCUT2D eigenvalue weighted by atomic mass is 19.1. The number of phenols is 1. The number of aryl methyl sites for hydroxylation is 1. The number of phenolic OH excluding ortho intramolecular Hbond substituents is 1. The topological polar surface area (TPSA) is 73.9 Å². The number of halogens is 1. The Kier molecular flexibility index (Phi) is 4.24. The van der Waals surface area contributed by atoms with Crippen LogP contribution in [-0.4, -0.2) is 26.4 Å². The summed E-state index contributed by atoms with van der Waals surface area (Å²) in [6, 6.07) is 4.21. The zero-order chi connectivity index (χ0) is 17.4. The molecule has 0 saturated heterocycles. The summed E-state index contributed by atoms with van der Waals surface area (Å²) in [4.78, 5) is 0. The molecular weight excluding hydrogens is 313 g/mol. The first kappa shape index (κ1) is 16.4. The van der Waals surface area contributed by atoms with E-state index in [-0.39, 0.29) is 6.04 Å². The van der Waals surface area contributed by atoms with Crippen molar-refractivity contribution >= 4 is 0 Å². The minimum atomic E-state index is -0.688. The fourth-order valence-corrected chi connectivity index (χ4v) is 3.27. The minimum absolute atomic E-state index is 0.343. The van der Waals surface area contributed by atoms with Crippen LogP contribution < -0.4 is 19.9 Å². The monoisotopic (exact) mass is 333 g/mol. The molecule has 2 aromatic carbocycles. The molecule has 128 valence electrons. The van der Waals surface area contributed by atoms with E-state index in [9.17, 15) is 9.50 Å². The van der Waals surface area contributed by atoms with E-state index >= 15 is 0 Å². The predicted molar refractivity (Wildman–Crippen MR) is 88.4 cm³/mol. The van der Waals surface area contributed by atoms with Crippen LogP contribution >= 0.6 is 0 Å². The smallest absolute Gasteiger partial charge is 0.203 e. The average molecular weight is 333 g/mol. The Labute approximate surface area is 139 Å². The molecule has 0 fully saturated rings. The first-order chi connectivity index (χ1) is 11.5. The largest absolute Gasteiger partial charge is 0.505 e. The summed E-state index contributed by atoms with van der Waals surface area (Å²) in [5, 5.41) is 9.86. The van der Waals surface area contributed by atoms with Crippen LogP contribution in [0.4, 0.5) is 4.39 Å². The molecule has 0 bridgehead atoms. The molecule has 0 aliphatic heterocycles. The molecule has 1 aliphatic rings. The van der Waals surface area contributed by atoms with Gasteiger partial charge in [0.25, 0.3) is 0 Å². The molecule has 1 unspecified atom stereocenters. The lowest BCUT2D eigenvalue weighted by Gasteiger charge is -2.20. The molecule has 0 radical (unpaired) electrons. The third-order valence-electron chi connectivity index (χ3n) is 4.42. The maximum atomic E-state index is 13.9. The Hall–Kier alpha value is -2.47. The molecule has 2 aromatic rings. The van der Waals surface area contributed by atoms with E-state index in [4.69, 9.17) is 19.9 Å². The number of aromatic hydroxyl groups is 1. The molecule has 5 nitrogen and oxygen atoms in total. The number of fused-ring (bicyclic) bond motifs is 3. The van der Waals surface area contributed by atoms with Gasteiger partial charge in [0.15, 0.2) is 23.1 Å². The van der Waals surface area contributed by atoms with Gasteiger partial charge in [0.2, 0.25) is 5.75 Å². The summed E-state index contributed by atoms with van der Waals surface area (Å²) in [5.41, 5.74) is 9.20. The van der Waals surface area contributed by atoms with E-state index in [0.29, 0.717) is 41.2 Å². The number of methoxy groups -OCH3 is 3. The van der Waals surface area contributed by atoms with E-state index < -0.39 is 11.6 Å². The van der Waals surface area contributed by atoms with Gasteiger partial charge in [-0.2, -0.15) is 0 Å². The fraction of sp³-hybridized carbons (Fsp3) is 0.333. The maximum absolute atomic E-state index is 13.9. The Balaban J connectivity index is 2.40. The van der Waals surface area contributed by atoms with Crippen molar-refractivity contribution in [3.05, 3.63) is 35.1 Å². The zero-order valence-corrected chi connectivity index (χ0v) is 13.9. The van der Waals surface area contributed by atoms with Gasteiger partial charge in [-0.3, -0.25) is 0 Å². The molecule has 0 spiro atoms. The van der Waals surface area contributed by atoms with E-state index in [2.05, 4.69) is 0 Å². The SMILES string of the molecule is COc1cc2c(c(OC)c1OC)-c1cc(O)c(F)cc1C(N)CC2. The van der Waals surface area contributed by atoms with Crippen molar-refractivity contribution in [1.29, 1.82) is 0 Å². The molecule has 1 atom stereocenters. The van der Waals surface area contributed by atoms with Gasteiger partial charge >= 0.3 is 0 Å². The van der Waals surface area contributed by atoms with Crippen LogP contribution in [0, 0.1) is 5.82 Å². The second-order valence-corrected chi connectivity index (χ2v) is 5.72. The number of rotatable bonds is 3. The summed E-state index contributed by atoms with van der Waals surface area (Å²) >= 11 is 0. The highest BCUT2D eigenvalue weighted by molar-refractivity contribution is 5.83. The minimum Gasteiger partial charge on any atom is -0.505 e. The van der Waals surface area contributed by atoms with Crippen molar-refractivity contribution < 1.29 is 23.7 Å². The van der Waals surface area contributed by atoms with Crippen LogP contribution in [0.15, 0.2) is 18.2 Å². The molecule has 0 aromatic heterocycles. The molecular formula is C18H20FNO4. The average Bonchev–Trinajstić information content (AvgIpc) is 2.71. The van der Waals surface area contributed by atoms with Crippen LogP contribution in [0.3, 0.4) is 0 Å². The number of hydrogen-bond donors (Lipinski definition) is 2. The van der Waals surface area contributed by atoms with Gasteiger partial charge in [-0.25, -0.2) is 4.39 Å². The maximum Gasteiger partial charge on any atom is 0.203 e. The van der Waals surface area contributed by atoms with Crippen molar-refractivity contribution in [2.24, 2.45) is 5.73 Å². The van der Waals surface area contributed by atoms with E-state index in [1.165, 1.54) is 26.4 Å². The van der Waals surface area contributed by atoms with Crippen LogP contribution in [0.25, 0.3) is 11.1 Å². The lowest BCUT2D eigenvalue weighted by molar-refractivity contribution is 0.324. The third-order valence-corrected chi connectivity index (χ3v) is 4.42. The second-order valence-electron chi connectivity index (χ2n) is 5.72. The van der Waals surface area contributed by atoms with Gasteiger partial charge < -0.3 is 25.1 Å². The van der Waals surface area contributed by atoms with E-state index in [1.54, 1.807) is 7.11 Å². The quantitative estimate of drug-likeness (QED) is 0.902. The first-order valence-electron chi connectivity index (χ1n) is 7.62. The number of benzene rings is 2. The summed E-state index contributed by atoms with van der Waals surface area (Å²) in [7, 11) is 4.62. The lowest BCUT2D eigenvalue weighted by atomic mass is 9.93. The van der Waals surface area contributed by atoms with Crippen LogP contribution in [0.1, 0.15) is 23.6 Å². The number of hydrogen-bond acceptors (Lipinski definition) is 5. The normalized spacial score (nSPS) is 16.0. The highest BCUT2D eigenvalue weighted by Crippen LogP contribution is 2.50. The number of nitrogens with two attached hydrogens (primary N) is 1. The van der Waals surface area contributed by atoms with Gasteiger partial charge in [0.05, 0.1) is 21.3 Å². The molecule has 1 aliphatic carbocycles. The molecule has 6 heteroatoms. The fourth-order valence-electron chi connectivity index (χ4n) is 3.27. The number of ether oxygens (including phenoxy) is 3. The molecule has 3 rings (SSSR count). The molecule has 24 heavy (non-hydrogen) atoms. The van der Waals surface area contributed by atoms with E-state index in [1.807, 2.05) is 6.07 Å². The third kappa shape index (κ3) is 2.43. The van der Waals surface area contributed by atoms with E-state index in [0.717, 1.165) is 11.1 Å². The molecule has 0 saturated carbocycles. The lowest BCUT2D eigenvalue weighted by Crippen LogP contribution is -2.10. The Morgan fingerprint density at radius 2 is 1.79 bits per heavy atom. The van der Waals surface area contributed by atoms with Crippen molar-refractivity contribution in [3.63, 3.8) is 0 Å². The summed E-state index contributed by atoms with van der Waals surface area (Å²) in [6.07, 6.45) is 1.31. The standard InChI is InChI=1S/C18H20FNO4/c1-22-15-6-9-4-5-13(20)10-7-12(19)14(21)8-11(10)16(9)18(24-3)17(15)23-2/h6-8,13,21H,4-5,20H2,1-3H3. The second kappa shape index (κ2) is 6.20. The summed E-state index contributed by atoms with van der Waals surface area (Å²) in [5.74, 6) is 0.367. The van der Waals surface area contributed by atoms with Crippen molar-refractivity contribution in [2.75, 3.05) is 21.3 Å². The van der Waals surface area contributed by atoms with Crippen molar-refractivity contribution in [3.8, 4) is 34.1 Å². The zero-order valence-electron chi connectivity index (χ0n) is 13.9. The van der Waals surface area contributed by atoms with Crippen LogP contribution in [0.2, 0.25) is 0 Å². The van der Waals surface area contributed by atoms with Crippen LogP contribution in [-0.2, 0) is 6.42 Å². The first-order valence-corrected chi connectivity index (χ1v) is 7.62. The van der Waals surface area contributed by atoms with Gasteiger partial charge in [-0.15, -0.1) is 0 Å². The summed E-state index contributed by atoms with van der Waals surface area (Å²) < 4.78 is 30.3. The van der Waals surface area contributed by atoms with Crippen LogP contribution in [0.5, 0.6) is 23.0 Å². The van der Waals surface area contributed by atoms with Gasteiger partial charge in [0.1, 0.15) is 0 Å². The van der Waals surface area contributed by atoms with Crippen molar-refractivity contribution in [2.45, 2.75) is 18.9 Å². The van der Waals surface area contributed by atoms with Gasteiger partial charge in [0, 0.05) is 11.6 Å². The molecule has 0 amide bonds. The Bertz CT molecular complexity index is 791. The predicted octanol–water partition coefficient (Wildman–Crippen LogP) is 3.17. The Morgan fingerprint density at radius 1 is 1.08 bits per heavy atom. The molecule has 0 heterocycles. The van der Waals surface area contributed by atoms with Crippen molar-refractivity contribution in [1.82, 2.24) is 0 Å². The summed E-state index contributed by atoms with van der Waals surface area (Å²) in [6.45, 7) is 0. The van der Waals surface area contributed by atoms with Gasteiger partial charge in [-0.05, 0) is 47.7 Å². The van der Waals surface area contributed by atoms with Gasteiger partial charge in [-0.1, -0.05) is 0 Å². The highest BCUT2D eigenvalue weighted by Gasteiger charge is 2.28. The molecule has 3 N–H and O–H groups in total.